The summed E-state index contributed by atoms with van der Waals surface area (Å²) in [5, 5.41) is 0. The minimum atomic E-state index is 0.513. The van der Waals surface area contributed by atoms with Crippen molar-refractivity contribution in [2.24, 2.45) is 0 Å². The zero-order valence-electron chi connectivity index (χ0n) is 18.9. The summed E-state index contributed by atoms with van der Waals surface area (Å²) in [4.78, 5) is 11.0. The SMILES string of the molecule is C1CCN(C(COCC(N2CCCCC2)N2CCCCC2)N2CCCCC2)CC1. The van der Waals surface area contributed by atoms with Gasteiger partial charge in [-0.2, -0.15) is 0 Å². The molecular weight excluding hydrogens is 360 g/mol. The molecule has 5 heteroatoms. The van der Waals surface area contributed by atoms with E-state index in [9.17, 15) is 0 Å². The van der Waals surface area contributed by atoms with Crippen molar-refractivity contribution in [2.45, 2.75) is 89.4 Å². The van der Waals surface area contributed by atoms with E-state index in [4.69, 9.17) is 4.74 Å². The second-order valence-electron chi connectivity index (χ2n) is 9.89. The maximum Gasteiger partial charge on any atom is 0.0863 e. The smallest absolute Gasteiger partial charge is 0.0863 e. The van der Waals surface area contributed by atoms with Crippen LogP contribution in [0.25, 0.3) is 0 Å². The summed E-state index contributed by atoms with van der Waals surface area (Å²) >= 11 is 0. The third kappa shape index (κ3) is 6.39. The number of likely N-dealkylation sites (tertiary alicyclic amines) is 4. The maximum absolute atomic E-state index is 6.60. The Kier molecular flexibility index (Phi) is 9.10. The highest BCUT2D eigenvalue weighted by molar-refractivity contribution is 4.81. The van der Waals surface area contributed by atoms with Crippen LogP contribution in [0, 0.1) is 0 Å². The molecule has 0 unspecified atom stereocenters. The monoisotopic (exact) mass is 406 g/mol. The number of ether oxygens (including phenoxy) is 1. The highest BCUT2D eigenvalue weighted by Crippen LogP contribution is 2.22. The Hall–Kier alpha value is -0.200. The summed E-state index contributed by atoms with van der Waals surface area (Å²) in [6.07, 6.45) is 17.6. The second kappa shape index (κ2) is 12.0. The molecule has 0 amide bonds. The highest BCUT2D eigenvalue weighted by Gasteiger charge is 2.31. The lowest BCUT2D eigenvalue weighted by atomic mass is 10.1. The van der Waals surface area contributed by atoms with E-state index in [1.807, 2.05) is 0 Å². The van der Waals surface area contributed by atoms with Crippen LogP contribution in [-0.4, -0.2) is 97.5 Å². The first-order valence-corrected chi connectivity index (χ1v) is 13.0. The third-order valence-electron chi connectivity index (χ3n) is 7.78. The standard InChI is InChI=1S/C24H46N4O/c1-5-13-25(14-6-1)23(26-15-7-2-8-16-26)21-29-22-24(27-17-9-3-10-18-27)28-19-11-4-12-20-28/h23-24H,1-22H2. The van der Waals surface area contributed by atoms with Crippen LogP contribution in [0.15, 0.2) is 0 Å². The maximum atomic E-state index is 6.60. The van der Waals surface area contributed by atoms with Gasteiger partial charge in [0.2, 0.25) is 0 Å². The molecule has 4 heterocycles. The molecule has 5 nitrogen and oxygen atoms in total. The van der Waals surface area contributed by atoms with Gasteiger partial charge in [0.15, 0.2) is 0 Å². The van der Waals surface area contributed by atoms with Crippen LogP contribution < -0.4 is 0 Å². The van der Waals surface area contributed by atoms with E-state index in [2.05, 4.69) is 19.6 Å². The highest BCUT2D eigenvalue weighted by atomic mass is 16.5. The van der Waals surface area contributed by atoms with Crippen molar-refractivity contribution >= 4 is 0 Å². The average molecular weight is 407 g/mol. The van der Waals surface area contributed by atoms with Crippen molar-refractivity contribution in [2.75, 3.05) is 65.6 Å². The van der Waals surface area contributed by atoms with Gasteiger partial charge in [0.25, 0.3) is 0 Å². The van der Waals surface area contributed by atoms with Gasteiger partial charge in [0.05, 0.1) is 25.5 Å². The van der Waals surface area contributed by atoms with Crippen LogP contribution in [0.2, 0.25) is 0 Å². The Morgan fingerprint density at radius 1 is 0.379 bits per heavy atom. The largest absolute Gasteiger partial charge is 0.375 e. The van der Waals surface area contributed by atoms with Crippen LogP contribution in [0.3, 0.4) is 0 Å². The van der Waals surface area contributed by atoms with Crippen molar-refractivity contribution in [1.82, 2.24) is 19.6 Å². The van der Waals surface area contributed by atoms with Crippen LogP contribution >= 0.6 is 0 Å². The van der Waals surface area contributed by atoms with Crippen LogP contribution in [0.4, 0.5) is 0 Å². The predicted molar refractivity (Wildman–Crippen MR) is 120 cm³/mol. The molecule has 0 bridgehead atoms. The van der Waals surface area contributed by atoms with E-state index in [1.165, 1.54) is 129 Å². The van der Waals surface area contributed by atoms with Gasteiger partial charge in [-0.1, -0.05) is 25.7 Å². The molecule has 0 aromatic heterocycles. The summed E-state index contributed by atoms with van der Waals surface area (Å²) in [5.74, 6) is 0. The van der Waals surface area contributed by atoms with Crippen molar-refractivity contribution in [3.05, 3.63) is 0 Å². The summed E-state index contributed by atoms with van der Waals surface area (Å²) in [5.41, 5.74) is 0. The van der Waals surface area contributed by atoms with E-state index >= 15 is 0 Å². The fourth-order valence-electron chi connectivity index (χ4n) is 6.03. The fraction of sp³-hybridized carbons (Fsp3) is 1.00. The minimum absolute atomic E-state index is 0.513. The van der Waals surface area contributed by atoms with Gasteiger partial charge in [0.1, 0.15) is 0 Å². The number of piperidine rings is 4. The normalized spacial score (nSPS) is 27.1. The van der Waals surface area contributed by atoms with Gasteiger partial charge >= 0.3 is 0 Å². The Morgan fingerprint density at radius 2 is 0.621 bits per heavy atom. The molecule has 4 rings (SSSR count). The lowest BCUT2D eigenvalue weighted by molar-refractivity contribution is -0.0796. The zero-order chi connectivity index (χ0) is 19.7. The Morgan fingerprint density at radius 3 is 0.862 bits per heavy atom. The molecule has 0 N–H and O–H groups in total. The molecule has 4 fully saturated rings. The molecule has 0 aromatic rings. The van der Waals surface area contributed by atoms with E-state index in [1.54, 1.807) is 0 Å². The van der Waals surface area contributed by atoms with Crippen molar-refractivity contribution in [1.29, 1.82) is 0 Å². The predicted octanol–water partition coefficient (Wildman–Crippen LogP) is 3.60. The van der Waals surface area contributed by atoms with E-state index in [0.717, 1.165) is 13.2 Å². The summed E-state index contributed by atoms with van der Waals surface area (Å²) in [7, 11) is 0. The first-order valence-electron chi connectivity index (χ1n) is 13.0. The lowest BCUT2D eigenvalue weighted by Gasteiger charge is -2.45. The second-order valence-corrected chi connectivity index (χ2v) is 9.89. The Balaban J connectivity index is 1.34. The van der Waals surface area contributed by atoms with Crippen LogP contribution in [0.5, 0.6) is 0 Å². The van der Waals surface area contributed by atoms with Crippen LogP contribution in [-0.2, 0) is 4.74 Å². The molecule has 4 aliphatic rings. The van der Waals surface area contributed by atoms with E-state index in [0.29, 0.717) is 12.3 Å². The third-order valence-corrected chi connectivity index (χ3v) is 7.78. The molecule has 29 heavy (non-hydrogen) atoms. The summed E-state index contributed by atoms with van der Waals surface area (Å²) in [6, 6.07) is 0. The van der Waals surface area contributed by atoms with Gasteiger partial charge in [-0.3, -0.25) is 19.6 Å². The molecule has 4 saturated heterocycles. The molecule has 168 valence electrons. The average Bonchev–Trinajstić information content (AvgIpc) is 2.81. The summed E-state index contributed by atoms with van der Waals surface area (Å²) in [6.45, 7) is 12.0. The minimum Gasteiger partial charge on any atom is -0.375 e. The molecule has 0 atom stereocenters. The van der Waals surface area contributed by atoms with Gasteiger partial charge in [-0.25, -0.2) is 0 Å². The number of nitrogens with zero attached hydrogens (tertiary/aromatic N) is 4. The molecule has 0 aliphatic carbocycles. The number of hydrogen-bond donors (Lipinski definition) is 0. The van der Waals surface area contributed by atoms with Gasteiger partial charge in [0, 0.05) is 0 Å². The molecule has 0 radical (unpaired) electrons. The Bertz CT molecular complexity index is 362. The van der Waals surface area contributed by atoms with Crippen molar-refractivity contribution in [3.63, 3.8) is 0 Å². The molecule has 0 saturated carbocycles. The molecule has 0 aromatic carbocycles. The van der Waals surface area contributed by atoms with Gasteiger partial charge in [-0.05, 0) is 104 Å². The van der Waals surface area contributed by atoms with E-state index in [-0.39, 0.29) is 0 Å². The fourth-order valence-corrected chi connectivity index (χ4v) is 6.03. The lowest BCUT2D eigenvalue weighted by Crippen LogP contribution is -2.56. The number of hydrogen-bond acceptors (Lipinski definition) is 5. The van der Waals surface area contributed by atoms with Crippen LogP contribution in [0.1, 0.15) is 77.0 Å². The molecule has 4 aliphatic heterocycles. The molecule has 0 spiro atoms. The zero-order valence-corrected chi connectivity index (χ0v) is 18.9. The Labute approximate surface area is 179 Å². The summed E-state index contributed by atoms with van der Waals surface area (Å²) < 4.78 is 6.60. The van der Waals surface area contributed by atoms with Crippen molar-refractivity contribution < 1.29 is 4.74 Å². The topological polar surface area (TPSA) is 22.2 Å². The quantitative estimate of drug-likeness (QED) is 0.613. The molecular formula is C24H46N4O. The number of rotatable bonds is 8. The van der Waals surface area contributed by atoms with Gasteiger partial charge < -0.3 is 4.74 Å². The van der Waals surface area contributed by atoms with E-state index < -0.39 is 0 Å². The first kappa shape index (κ1) is 22.0. The first-order chi connectivity index (χ1) is 14.4. The van der Waals surface area contributed by atoms with Gasteiger partial charge in [-0.15, -0.1) is 0 Å². The van der Waals surface area contributed by atoms with Crippen molar-refractivity contribution in [3.8, 4) is 0 Å².